The Morgan fingerprint density at radius 3 is 2.44 bits per heavy atom. The maximum absolute atomic E-state index is 15.0. The lowest BCUT2D eigenvalue weighted by Crippen LogP contribution is -2.45. The highest BCUT2D eigenvalue weighted by molar-refractivity contribution is 5.61. The number of benzene rings is 1. The van der Waals surface area contributed by atoms with Crippen LogP contribution in [0.2, 0.25) is 0 Å². The predicted molar refractivity (Wildman–Crippen MR) is 102 cm³/mol. The van der Waals surface area contributed by atoms with Gasteiger partial charge in [0.2, 0.25) is 0 Å². The maximum Gasteiger partial charge on any atom is 0.151 e. The lowest BCUT2D eigenvalue weighted by atomic mass is 9.86. The van der Waals surface area contributed by atoms with E-state index in [4.69, 9.17) is 10.5 Å². The van der Waals surface area contributed by atoms with E-state index in [9.17, 15) is 4.39 Å². The van der Waals surface area contributed by atoms with Crippen LogP contribution in [0.1, 0.15) is 45.1 Å². The summed E-state index contributed by atoms with van der Waals surface area (Å²) in [6, 6.07) is 4.30. The Morgan fingerprint density at radius 2 is 1.80 bits per heavy atom. The summed E-state index contributed by atoms with van der Waals surface area (Å²) >= 11 is 0. The van der Waals surface area contributed by atoms with Crippen LogP contribution in [-0.4, -0.2) is 37.9 Å². The molecular formula is C20H32FN3O. The van der Waals surface area contributed by atoms with Crippen molar-refractivity contribution in [1.29, 1.82) is 0 Å². The van der Waals surface area contributed by atoms with E-state index < -0.39 is 0 Å². The quantitative estimate of drug-likeness (QED) is 0.871. The summed E-state index contributed by atoms with van der Waals surface area (Å²) in [7, 11) is 0. The minimum atomic E-state index is -0.114. The monoisotopic (exact) mass is 349 g/mol. The van der Waals surface area contributed by atoms with Crippen LogP contribution in [-0.2, 0) is 4.74 Å². The number of anilines is 2. The molecule has 0 spiro atoms. The van der Waals surface area contributed by atoms with Gasteiger partial charge in [-0.25, -0.2) is 4.39 Å². The van der Waals surface area contributed by atoms with Crippen molar-refractivity contribution >= 4 is 11.4 Å². The average molecular weight is 349 g/mol. The number of nitrogens with zero attached hydrogens (tertiary/aromatic N) is 1. The standard InChI is InChI=1S/C20H32FN3O/c1-13-11-24(12-14(2)25-13)19-9-8-18(15(3)20(19)21)23-10-16-4-6-17(22)7-5-16/h8-9,13-14,16-17,23H,4-7,10-12,22H2,1-3H3/t13?,14?,16-,17-. The molecule has 1 aliphatic heterocycles. The second kappa shape index (κ2) is 7.92. The number of nitrogens with one attached hydrogen (secondary N) is 1. The third-order valence-electron chi connectivity index (χ3n) is 5.60. The maximum atomic E-state index is 15.0. The van der Waals surface area contributed by atoms with Crippen LogP contribution in [0.15, 0.2) is 12.1 Å². The van der Waals surface area contributed by atoms with Gasteiger partial charge in [-0.2, -0.15) is 0 Å². The van der Waals surface area contributed by atoms with Gasteiger partial charge in [-0.3, -0.25) is 0 Å². The van der Waals surface area contributed by atoms with Gasteiger partial charge in [-0.05, 0) is 64.5 Å². The fourth-order valence-electron chi connectivity index (χ4n) is 4.13. The fourth-order valence-corrected chi connectivity index (χ4v) is 4.13. The van der Waals surface area contributed by atoms with E-state index >= 15 is 0 Å². The largest absolute Gasteiger partial charge is 0.384 e. The topological polar surface area (TPSA) is 50.5 Å². The summed E-state index contributed by atoms with van der Waals surface area (Å²) in [4.78, 5) is 2.10. The molecule has 0 bridgehead atoms. The second-order valence-electron chi connectivity index (χ2n) is 7.90. The van der Waals surface area contributed by atoms with Crippen molar-refractivity contribution in [3.05, 3.63) is 23.5 Å². The van der Waals surface area contributed by atoms with E-state index in [0.29, 0.717) is 23.2 Å². The lowest BCUT2D eigenvalue weighted by molar-refractivity contribution is -0.00539. The molecule has 140 valence electrons. The first kappa shape index (κ1) is 18.5. The normalized spacial score (nSPS) is 30.4. The van der Waals surface area contributed by atoms with Crippen molar-refractivity contribution in [2.45, 2.75) is 64.7 Å². The zero-order chi connectivity index (χ0) is 18.0. The molecular weight excluding hydrogens is 317 g/mol. The van der Waals surface area contributed by atoms with Crippen LogP contribution >= 0.6 is 0 Å². The molecule has 1 saturated heterocycles. The van der Waals surface area contributed by atoms with Gasteiger partial charge in [0.1, 0.15) is 0 Å². The smallest absolute Gasteiger partial charge is 0.151 e. The third-order valence-corrected chi connectivity index (χ3v) is 5.60. The third kappa shape index (κ3) is 4.45. The van der Waals surface area contributed by atoms with Crippen LogP contribution in [0.4, 0.5) is 15.8 Å². The second-order valence-corrected chi connectivity index (χ2v) is 7.90. The van der Waals surface area contributed by atoms with Crippen LogP contribution in [0.5, 0.6) is 0 Å². The van der Waals surface area contributed by atoms with Crippen molar-refractivity contribution < 1.29 is 9.13 Å². The van der Waals surface area contributed by atoms with Crippen LogP contribution < -0.4 is 16.0 Å². The zero-order valence-corrected chi connectivity index (χ0v) is 15.7. The van der Waals surface area contributed by atoms with Gasteiger partial charge < -0.3 is 20.7 Å². The van der Waals surface area contributed by atoms with E-state index in [-0.39, 0.29) is 18.0 Å². The van der Waals surface area contributed by atoms with E-state index in [2.05, 4.69) is 10.2 Å². The lowest BCUT2D eigenvalue weighted by Gasteiger charge is -2.37. The van der Waals surface area contributed by atoms with E-state index in [1.54, 1.807) is 0 Å². The molecule has 2 fully saturated rings. The van der Waals surface area contributed by atoms with Gasteiger partial charge in [0.15, 0.2) is 5.82 Å². The summed E-state index contributed by atoms with van der Waals surface area (Å²) in [6.45, 7) is 8.31. The number of halogens is 1. The number of nitrogens with two attached hydrogens (primary N) is 1. The predicted octanol–water partition coefficient (Wildman–Crippen LogP) is 3.68. The van der Waals surface area contributed by atoms with Crippen molar-refractivity contribution in [2.75, 3.05) is 29.9 Å². The molecule has 0 radical (unpaired) electrons. The molecule has 1 aliphatic carbocycles. The van der Waals surface area contributed by atoms with Crippen LogP contribution in [0.25, 0.3) is 0 Å². The van der Waals surface area contributed by atoms with Crippen molar-refractivity contribution in [2.24, 2.45) is 11.7 Å². The van der Waals surface area contributed by atoms with Gasteiger partial charge in [0, 0.05) is 36.9 Å². The highest BCUT2D eigenvalue weighted by Crippen LogP contribution is 2.31. The van der Waals surface area contributed by atoms with E-state index in [1.807, 2.05) is 32.9 Å². The number of rotatable bonds is 4. The molecule has 4 nitrogen and oxygen atoms in total. The Bertz CT molecular complexity index is 577. The average Bonchev–Trinajstić information content (AvgIpc) is 2.57. The highest BCUT2D eigenvalue weighted by atomic mass is 19.1. The zero-order valence-electron chi connectivity index (χ0n) is 15.7. The molecule has 5 heteroatoms. The van der Waals surface area contributed by atoms with Crippen molar-refractivity contribution in [3.63, 3.8) is 0 Å². The first-order valence-electron chi connectivity index (χ1n) is 9.63. The van der Waals surface area contributed by atoms with Crippen molar-refractivity contribution in [3.8, 4) is 0 Å². The highest BCUT2D eigenvalue weighted by Gasteiger charge is 2.25. The van der Waals surface area contributed by atoms with Crippen molar-refractivity contribution in [1.82, 2.24) is 0 Å². The summed E-state index contributed by atoms with van der Waals surface area (Å²) < 4.78 is 20.7. The molecule has 1 aromatic carbocycles. The molecule has 2 atom stereocenters. The Balaban J connectivity index is 1.66. The Hall–Kier alpha value is -1.33. The summed E-state index contributed by atoms with van der Waals surface area (Å²) in [5.74, 6) is 0.528. The molecule has 3 rings (SSSR count). The molecule has 0 amide bonds. The molecule has 1 heterocycles. The first-order chi connectivity index (χ1) is 11.9. The summed E-state index contributed by atoms with van der Waals surface area (Å²) in [5.41, 5.74) is 8.27. The molecule has 25 heavy (non-hydrogen) atoms. The van der Waals surface area contributed by atoms with E-state index in [0.717, 1.165) is 51.0 Å². The Kier molecular flexibility index (Phi) is 5.85. The SMILES string of the molecule is Cc1c(NC[C@H]2CC[C@H](N)CC2)ccc(N2CC(C)OC(C)C2)c1F. The molecule has 2 aliphatic rings. The summed E-state index contributed by atoms with van der Waals surface area (Å²) in [5, 5.41) is 3.46. The molecule has 2 unspecified atom stereocenters. The van der Waals surface area contributed by atoms with Crippen LogP contribution in [0, 0.1) is 18.7 Å². The Morgan fingerprint density at radius 1 is 1.16 bits per heavy atom. The number of ether oxygens (including phenoxy) is 1. The molecule has 1 saturated carbocycles. The number of hydrogen-bond acceptors (Lipinski definition) is 4. The number of hydrogen-bond donors (Lipinski definition) is 2. The Labute approximate surface area is 150 Å². The summed E-state index contributed by atoms with van der Waals surface area (Å²) in [6.07, 6.45) is 4.78. The van der Waals surface area contributed by atoms with Gasteiger partial charge >= 0.3 is 0 Å². The molecule has 3 N–H and O–H groups in total. The molecule has 0 aromatic heterocycles. The van der Waals surface area contributed by atoms with Crippen LogP contribution in [0.3, 0.4) is 0 Å². The molecule has 1 aromatic rings. The van der Waals surface area contributed by atoms with Gasteiger partial charge in [-0.15, -0.1) is 0 Å². The van der Waals surface area contributed by atoms with Gasteiger partial charge in [0.05, 0.1) is 17.9 Å². The van der Waals surface area contributed by atoms with Gasteiger partial charge in [-0.1, -0.05) is 0 Å². The van der Waals surface area contributed by atoms with E-state index in [1.165, 1.54) is 0 Å². The van der Waals surface area contributed by atoms with Gasteiger partial charge in [0.25, 0.3) is 0 Å². The minimum Gasteiger partial charge on any atom is -0.384 e. The fraction of sp³-hybridized carbons (Fsp3) is 0.700. The first-order valence-corrected chi connectivity index (χ1v) is 9.63. The number of morpholine rings is 1. The minimum absolute atomic E-state index is 0.114.